The van der Waals surface area contributed by atoms with Gasteiger partial charge in [-0.1, -0.05) is 12.1 Å². The van der Waals surface area contributed by atoms with Gasteiger partial charge in [0, 0.05) is 26.7 Å². The Bertz CT molecular complexity index is 592. The summed E-state index contributed by atoms with van der Waals surface area (Å²) < 4.78 is 10.7. The molecule has 0 aliphatic carbocycles. The number of nitrogens with one attached hydrogen (secondary N) is 1. The van der Waals surface area contributed by atoms with Gasteiger partial charge in [-0.3, -0.25) is 4.79 Å². The monoisotopic (exact) mass is 319 g/mol. The fraction of sp³-hybridized carbons (Fsp3) is 0.500. The van der Waals surface area contributed by atoms with Crippen LogP contribution >= 0.6 is 0 Å². The van der Waals surface area contributed by atoms with E-state index in [-0.39, 0.29) is 12.0 Å². The van der Waals surface area contributed by atoms with Crippen molar-refractivity contribution in [3.05, 3.63) is 24.3 Å². The molecule has 2 amide bonds. The van der Waals surface area contributed by atoms with Crippen molar-refractivity contribution in [2.45, 2.75) is 12.5 Å². The van der Waals surface area contributed by atoms with Gasteiger partial charge in [0.25, 0.3) is 5.91 Å². The number of carbonyl (C=O) groups is 2. The van der Waals surface area contributed by atoms with Gasteiger partial charge in [-0.05, 0) is 18.6 Å². The third kappa shape index (κ3) is 3.49. The molecule has 2 heterocycles. The minimum atomic E-state index is -0.553. The van der Waals surface area contributed by atoms with Gasteiger partial charge < -0.3 is 24.6 Å². The topological polar surface area (TPSA) is 71.1 Å². The lowest BCUT2D eigenvalue weighted by Gasteiger charge is -2.33. The Morgan fingerprint density at radius 1 is 1.39 bits per heavy atom. The van der Waals surface area contributed by atoms with E-state index in [0.717, 1.165) is 12.1 Å². The first-order valence-corrected chi connectivity index (χ1v) is 7.81. The van der Waals surface area contributed by atoms with E-state index in [9.17, 15) is 9.59 Å². The van der Waals surface area contributed by atoms with Crippen LogP contribution in [0.5, 0.6) is 5.75 Å². The molecule has 3 rings (SSSR count). The summed E-state index contributed by atoms with van der Waals surface area (Å²) in [7, 11) is 1.94. The first kappa shape index (κ1) is 15.5. The second-order valence-electron chi connectivity index (χ2n) is 5.70. The van der Waals surface area contributed by atoms with Crippen molar-refractivity contribution in [3.63, 3.8) is 0 Å². The number of anilines is 1. The van der Waals surface area contributed by atoms with Crippen molar-refractivity contribution in [1.82, 2.24) is 10.2 Å². The molecule has 0 bridgehead atoms. The molecule has 0 spiro atoms. The number of hydrogen-bond donors (Lipinski definition) is 1. The molecule has 2 aliphatic heterocycles. The molecule has 1 aromatic rings. The fourth-order valence-corrected chi connectivity index (χ4v) is 2.77. The average Bonchev–Trinajstić information content (AvgIpc) is 2.56. The van der Waals surface area contributed by atoms with Gasteiger partial charge in [0.05, 0.1) is 18.8 Å². The van der Waals surface area contributed by atoms with Crippen LogP contribution in [0.15, 0.2) is 24.3 Å². The maximum Gasteiger partial charge on any atom is 0.409 e. The van der Waals surface area contributed by atoms with Crippen LogP contribution in [0.3, 0.4) is 0 Å². The van der Waals surface area contributed by atoms with E-state index >= 15 is 0 Å². The van der Waals surface area contributed by atoms with Gasteiger partial charge in [-0.25, -0.2) is 4.79 Å². The van der Waals surface area contributed by atoms with Crippen molar-refractivity contribution in [1.29, 1.82) is 0 Å². The molecule has 0 radical (unpaired) electrons. The van der Waals surface area contributed by atoms with Crippen LogP contribution in [-0.2, 0) is 9.53 Å². The van der Waals surface area contributed by atoms with Crippen LogP contribution in [0.4, 0.5) is 10.5 Å². The van der Waals surface area contributed by atoms with Crippen molar-refractivity contribution < 1.29 is 19.1 Å². The van der Waals surface area contributed by atoms with Crippen LogP contribution in [0.1, 0.15) is 6.42 Å². The summed E-state index contributed by atoms with van der Waals surface area (Å²) in [6, 6.07) is 7.64. The van der Waals surface area contributed by atoms with Gasteiger partial charge in [0.15, 0.2) is 6.10 Å². The SMILES string of the molecule is CN1C[C@@H](C(=O)NCCN2CCCOC2=O)Oc2ccccc21. The molecule has 1 saturated heterocycles. The van der Waals surface area contributed by atoms with Gasteiger partial charge in [0.1, 0.15) is 5.75 Å². The number of cyclic esters (lactones) is 1. The van der Waals surface area contributed by atoms with Crippen molar-refractivity contribution in [2.24, 2.45) is 0 Å². The molecule has 0 aromatic heterocycles. The van der Waals surface area contributed by atoms with E-state index < -0.39 is 6.10 Å². The molecule has 1 aromatic carbocycles. The Balaban J connectivity index is 1.50. The minimum Gasteiger partial charge on any atom is -0.477 e. The second kappa shape index (κ2) is 6.76. The van der Waals surface area contributed by atoms with Gasteiger partial charge >= 0.3 is 6.09 Å². The lowest BCUT2D eigenvalue weighted by Crippen LogP contribution is -2.50. The summed E-state index contributed by atoms with van der Waals surface area (Å²) in [4.78, 5) is 27.4. The van der Waals surface area contributed by atoms with Crippen molar-refractivity contribution >= 4 is 17.7 Å². The van der Waals surface area contributed by atoms with Crippen LogP contribution in [0.25, 0.3) is 0 Å². The Hall–Kier alpha value is -2.44. The molecular formula is C16H21N3O4. The third-order valence-electron chi connectivity index (χ3n) is 4.01. The molecule has 124 valence electrons. The van der Waals surface area contributed by atoms with E-state index in [1.54, 1.807) is 4.90 Å². The number of nitrogens with zero attached hydrogens (tertiary/aromatic N) is 2. The number of para-hydroxylation sites is 2. The summed E-state index contributed by atoms with van der Waals surface area (Å²) in [5.74, 6) is 0.540. The number of rotatable bonds is 4. The van der Waals surface area contributed by atoms with Gasteiger partial charge in [-0.15, -0.1) is 0 Å². The highest BCUT2D eigenvalue weighted by Gasteiger charge is 2.29. The molecule has 23 heavy (non-hydrogen) atoms. The highest BCUT2D eigenvalue weighted by Crippen LogP contribution is 2.31. The van der Waals surface area contributed by atoms with E-state index in [2.05, 4.69) is 5.32 Å². The summed E-state index contributed by atoms with van der Waals surface area (Å²) in [5.41, 5.74) is 0.979. The lowest BCUT2D eigenvalue weighted by atomic mass is 10.2. The predicted octanol–water partition coefficient (Wildman–Crippen LogP) is 0.842. The van der Waals surface area contributed by atoms with E-state index in [1.807, 2.05) is 36.2 Å². The normalized spacial score (nSPS) is 20.4. The molecule has 0 unspecified atom stereocenters. The van der Waals surface area contributed by atoms with Crippen LogP contribution in [0, 0.1) is 0 Å². The Morgan fingerprint density at radius 3 is 3.04 bits per heavy atom. The maximum absolute atomic E-state index is 12.3. The highest BCUT2D eigenvalue weighted by atomic mass is 16.6. The number of amides is 2. The molecule has 7 heteroatoms. The summed E-state index contributed by atoms with van der Waals surface area (Å²) in [5, 5.41) is 2.83. The standard InChI is InChI=1S/C16H21N3O4/c1-18-11-14(23-13-6-3-2-5-12(13)18)15(20)17-7-9-19-8-4-10-22-16(19)21/h2-3,5-6,14H,4,7-11H2,1H3,(H,17,20)/t14-/m0/s1. The van der Waals surface area contributed by atoms with Crippen molar-refractivity contribution in [3.8, 4) is 5.75 Å². The number of hydrogen-bond acceptors (Lipinski definition) is 5. The molecule has 2 aliphatic rings. The number of carbonyl (C=O) groups excluding carboxylic acids is 2. The quantitative estimate of drug-likeness (QED) is 0.890. The van der Waals surface area contributed by atoms with E-state index in [0.29, 0.717) is 38.5 Å². The second-order valence-corrected chi connectivity index (χ2v) is 5.70. The summed E-state index contributed by atoms with van der Waals surface area (Å²) in [6.07, 6.45) is -0.0382. The number of likely N-dealkylation sites (N-methyl/N-ethyl adjacent to an activating group) is 1. The average molecular weight is 319 g/mol. The maximum atomic E-state index is 12.3. The molecule has 7 nitrogen and oxygen atoms in total. The first-order valence-electron chi connectivity index (χ1n) is 7.81. The zero-order valence-corrected chi connectivity index (χ0v) is 13.2. The Kier molecular flexibility index (Phi) is 4.55. The zero-order chi connectivity index (χ0) is 16.2. The molecule has 1 atom stereocenters. The van der Waals surface area contributed by atoms with Crippen molar-refractivity contribution in [2.75, 3.05) is 44.7 Å². The molecule has 1 N–H and O–H groups in total. The van der Waals surface area contributed by atoms with Crippen LogP contribution < -0.4 is 15.0 Å². The first-order chi connectivity index (χ1) is 11.1. The van der Waals surface area contributed by atoms with Gasteiger partial charge in [0.2, 0.25) is 0 Å². The number of benzene rings is 1. The Morgan fingerprint density at radius 2 is 2.22 bits per heavy atom. The number of fused-ring (bicyclic) bond motifs is 1. The highest BCUT2D eigenvalue weighted by molar-refractivity contribution is 5.83. The zero-order valence-electron chi connectivity index (χ0n) is 13.2. The third-order valence-corrected chi connectivity index (χ3v) is 4.01. The summed E-state index contributed by atoms with van der Waals surface area (Å²) >= 11 is 0. The number of ether oxygens (including phenoxy) is 2. The smallest absolute Gasteiger partial charge is 0.409 e. The van der Waals surface area contributed by atoms with E-state index in [4.69, 9.17) is 9.47 Å². The lowest BCUT2D eigenvalue weighted by molar-refractivity contribution is -0.127. The fourth-order valence-electron chi connectivity index (χ4n) is 2.77. The van der Waals surface area contributed by atoms with Crippen LogP contribution in [-0.4, -0.2) is 62.8 Å². The minimum absolute atomic E-state index is 0.170. The largest absolute Gasteiger partial charge is 0.477 e. The molecule has 1 fully saturated rings. The molecular weight excluding hydrogens is 298 g/mol. The van der Waals surface area contributed by atoms with E-state index in [1.165, 1.54) is 0 Å². The Labute approximate surface area is 135 Å². The van der Waals surface area contributed by atoms with Gasteiger partial charge in [-0.2, -0.15) is 0 Å². The van der Waals surface area contributed by atoms with Crippen LogP contribution in [0.2, 0.25) is 0 Å². The predicted molar refractivity (Wildman–Crippen MR) is 84.7 cm³/mol. The molecule has 0 saturated carbocycles. The summed E-state index contributed by atoms with van der Waals surface area (Å²) in [6.45, 7) is 2.48.